The highest BCUT2D eigenvalue weighted by molar-refractivity contribution is 5.51. The van der Waals surface area contributed by atoms with Gasteiger partial charge in [0.15, 0.2) is 4.98 Å². The number of benzene rings is 2. The Morgan fingerprint density at radius 2 is 1.62 bits per heavy atom. The zero-order valence-electron chi connectivity index (χ0n) is 8.71. The predicted molar refractivity (Wildman–Crippen MR) is 62.0 cm³/mol. The van der Waals surface area contributed by atoms with Crippen LogP contribution in [-0.2, 0) is 6.61 Å². The molecule has 2 aromatic carbocycles. The lowest BCUT2D eigenvalue weighted by Gasteiger charge is -2.03. The molecule has 0 saturated carbocycles. The summed E-state index contributed by atoms with van der Waals surface area (Å²) < 4.78 is 5.56. The van der Waals surface area contributed by atoms with Gasteiger partial charge >= 0.3 is 5.69 Å². The predicted octanol–water partition coefficient (Wildman–Crippen LogP) is 3.75. The molecule has 0 unspecified atom stereocenters. The molecule has 0 radical (unpaired) electrons. The summed E-state index contributed by atoms with van der Waals surface area (Å²) in [5.74, 6) is 0.801. The minimum Gasteiger partial charge on any atom is -0.489 e. The average molecular weight is 211 g/mol. The maximum Gasteiger partial charge on any atom is 0.391 e. The molecule has 0 saturated heterocycles. The van der Waals surface area contributed by atoms with Gasteiger partial charge in [-0.2, -0.15) is 0 Å². The van der Waals surface area contributed by atoms with Gasteiger partial charge in [0.1, 0.15) is 12.4 Å². The van der Waals surface area contributed by atoms with Crippen LogP contribution in [0.1, 0.15) is 5.56 Å². The van der Waals surface area contributed by atoms with Crippen LogP contribution in [0, 0.1) is 5.39 Å². The van der Waals surface area contributed by atoms with E-state index in [4.69, 9.17) is 10.1 Å². The summed E-state index contributed by atoms with van der Waals surface area (Å²) in [6, 6.07) is 16.9. The molecule has 0 heterocycles. The molecule has 2 rings (SSSR count). The van der Waals surface area contributed by atoms with Gasteiger partial charge in [0, 0.05) is 6.07 Å². The number of nitrogens with zero attached hydrogens (tertiary/aromatic N) is 2. The Kier molecular flexibility index (Phi) is 3.15. The van der Waals surface area contributed by atoms with Crippen LogP contribution < -0.4 is 4.74 Å². The Hall–Kier alpha value is -2.34. The van der Waals surface area contributed by atoms with Gasteiger partial charge in [0.25, 0.3) is 0 Å². The number of ether oxygens (including phenoxy) is 1. The topological polar surface area (TPSA) is 37.4 Å². The van der Waals surface area contributed by atoms with Crippen LogP contribution in [0.4, 0.5) is 5.69 Å². The van der Waals surface area contributed by atoms with Crippen molar-refractivity contribution in [3.8, 4) is 5.75 Å². The van der Waals surface area contributed by atoms with E-state index in [1.165, 1.54) is 0 Å². The summed E-state index contributed by atoms with van der Waals surface area (Å²) in [6.07, 6.45) is 0. The third-order valence-electron chi connectivity index (χ3n) is 2.24. The van der Waals surface area contributed by atoms with E-state index < -0.39 is 0 Å². The highest BCUT2D eigenvalue weighted by atomic mass is 16.5. The van der Waals surface area contributed by atoms with Gasteiger partial charge in [0.2, 0.25) is 5.39 Å². The van der Waals surface area contributed by atoms with Crippen molar-refractivity contribution in [1.82, 2.24) is 0 Å². The minimum atomic E-state index is 0.393. The summed E-state index contributed by atoms with van der Waals surface area (Å²) in [5, 5.41) is 8.79. The molecule has 0 spiro atoms. The molecule has 0 aliphatic rings. The quantitative estimate of drug-likeness (QED) is 0.725. The van der Waals surface area contributed by atoms with Crippen LogP contribution in [0.5, 0.6) is 5.75 Å². The minimum absolute atomic E-state index is 0.393. The van der Waals surface area contributed by atoms with E-state index in [9.17, 15) is 0 Å². The van der Waals surface area contributed by atoms with Crippen molar-refractivity contribution in [2.75, 3.05) is 0 Å². The average Bonchev–Trinajstić information content (AvgIpc) is 2.38. The second-order valence-electron chi connectivity index (χ2n) is 3.33. The maximum absolute atomic E-state index is 8.79. The second-order valence-corrected chi connectivity index (χ2v) is 3.33. The largest absolute Gasteiger partial charge is 0.489 e. The van der Waals surface area contributed by atoms with E-state index in [1.807, 2.05) is 48.5 Å². The number of hydrogen-bond donors (Lipinski definition) is 0. The molecule has 0 amide bonds. The molecule has 2 aromatic rings. The Morgan fingerprint density at radius 1 is 0.938 bits per heavy atom. The fraction of sp³-hybridized carbons (Fsp3) is 0.0769. The lowest BCUT2D eigenvalue weighted by Crippen LogP contribution is -1.94. The number of rotatable bonds is 3. The molecule has 0 aromatic heterocycles. The van der Waals surface area contributed by atoms with Gasteiger partial charge in [-0.15, -0.1) is 0 Å². The van der Waals surface area contributed by atoms with Gasteiger partial charge in [-0.3, -0.25) is 0 Å². The maximum atomic E-state index is 8.79. The summed E-state index contributed by atoms with van der Waals surface area (Å²) in [6.45, 7) is 0.393. The van der Waals surface area contributed by atoms with E-state index in [0.29, 0.717) is 12.3 Å². The van der Waals surface area contributed by atoms with Crippen molar-refractivity contribution in [3.05, 3.63) is 65.1 Å². The zero-order chi connectivity index (χ0) is 11.2. The number of diazo groups is 1. The van der Waals surface area contributed by atoms with E-state index in [1.54, 1.807) is 6.07 Å². The van der Waals surface area contributed by atoms with Crippen LogP contribution in [0.15, 0.2) is 54.6 Å². The zero-order valence-corrected chi connectivity index (χ0v) is 8.71. The van der Waals surface area contributed by atoms with Gasteiger partial charge in [-0.25, -0.2) is 0 Å². The van der Waals surface area contributed by atoms with Crippen molar-refractivity contribution in [1.29, 1.82) is 5.39 Å². The first kappa shape index (κ1) is 10.2. The van der Waals surface area contributed by atoms with E-state index in [2.05, 4.69) is 4.98 Å². The van der Waals surface area contributed by atoms with Crippen molar-refractivity contribution in [2.45, 2.75) is 6.61 Å². The highest BCUT2D eigenvalue weighted by Gasteiger charge is 2.11. The molecule has 16 heavy (non-hydrogen) atoms. The Morgan fingerprint density at radius 3 is 2.38 bits per heavy atom. The number of para-hydroxylation sites is 1. The first-order valence-corrected chi connectivity index (χ1v) is 5.01. The first-order chi connectivity index (χ1) is 7.90. The van der Waals surface area contributed by atoms with Gasteiger partial charge in [-0.1, -0.05) is 30.3 Å². The molecular weight excluding hydrogens is 200 g/mol. The van der Waals surface area contributed by atoms with Crippen LogP contribution in [0.3, 0.4) is 0 Å². The lowest BCUT2D eigenvalue weighted by atomic mass is 10.2. The smallest absolute Gasteiger partial charge is 0.391 e. The highest BCUT2D eigenvalue weighted by Crippen LogP contribution is 2.20. The molecule has 0 atom stereocenters. The van der Waals surface area contributed by atoms with Gasteiger partial charge in [-0.05, 0) is 18.2 Å². The monoisotopic (exact) mass is 211 g/mol. The molecule has 0 aliphatic carbocycles. The Balaban J connectivity index is 2.09. The second kappa shape index (κ2) is 4.94. The Bertz CT molecular complexity index is 503. The molecular formula is C13H11N2O+. The molecule has 0 aliphatic heterocycles. The van der Waals surface area contributed by atoms with Crippen molar-refractivity contribution >= 4 is 5.69 Å². The van der Waals surface area contributed by atoms with Crippen LogP contribution >= 0.6 is 0 Å². The van der Waals surface area contributed by atoms with Crippen molar-refractivity contribution < 1.29 is 4.74 Å². The summed E-state index contributed by atoms with van der Waals surface area (Å²) in [7, 11) is 0. The molecule has 0 bridgehead atoms. The van der Waals surface area contributed by atoms with Crippen LogP contribution in [-0.4, -0.2) is 0 Å². The third-order valence-corrected chi connectivity index (χ3v) is 2.24. The summed E-state index contributed by atoms with van der Waals surface area (Å²) in [5.41, 5.74) is 1.40. The third kappa shape index (κ3) is 2.37. The normalized spacial score (nSPS) is 9.44. The molecule has 0 fully saturated rings. The van der Waals surface area contributed by atoms with E-state index >= 15 is 0 Å². The van der Waals surface area contributed by atoms with Crippen LogP contribution in [0.2, 0.25) is 0 Å². The number of hydrogen-bond acceptors (Lipinski definition) is 2. The van der Waals surface area contributed by atoms with Crippen LogP contribution in [0.25, 0.3) is 4.98 Å². The molecule has 0 N–H and O–H groups in total. The summed E-state index contributed by atoms with van der Waals surface area (Å²) >= 11 is 0. The fourth-order valence-electron chi connectivity index (χ4n) is 1.41. The molecule has 78 valence electrons. The van der Waals surface area contributed by atoms with Crippen molar-refractivity contribution in [2.24, 2.45) is 0 Å². The van der Waals surface area contributed by atoms with Gasteiger partial charge < -0.3 is 4.74 Å². The lowest BCUT2D eigenvalue weighted by molar-refractivity contribution is 0.307. The molecule has 3 heteroatoms. The standard InChI is InChI=1S/C13H11N2O/c14-15-13-9-5-4-6-11(13)10-16-12-7-2-1-3-8-12/h1-9H,10H2/q+1. The van der Waals surface area contributed by atoms with E-state index in [-0.39, 0.29) is 0 Å². The summed E-state index contributed by atoms with van der Waals surface area (Å²) in [4.78, 5) is 3.20. The van der Waals surface area contributed by atoms with Crippen molar-refractivity contribution in [3.63, 3.8) is 0 Å². The fourth-order valence-corrected chi connectivity index (χ4v) is 1.41. The SMILES string of the molecule is N#[N+]c1ccccc1COc1ccccc1. The first-order valence-electron chi connectivity index (χ1n) is 5.01. The van der Waals surface area contributed by atoms with Gasteiger partial charge in [0.05, 0.1) is 5.56 Å². The van der Waals surface area contributed by atoms with E-state index in [0.717, 1.165) is 11.3 Å². The Labute approximate surface area is 93.9 Å². The molecule has 3 nitrogen and oxygen atoms in total.